The van der Waals surface area contributed by atoms with E-state index in [-0.39, 0.29) is 12.4 Å². The Bertz CT molecular complexity index is 192. The minimum atomic E-state index is -0.700. The molecular formula is C7H11NO3. The molecule has 62 valence electrons. The molecule has 0 N–H and O–H groups in total. The van der Waals surface area contributed by atoms with E-state index in [0.29, 0.717) is 0 Å². The van der Waals surface area contributed by atoms with Crippen LogP contribution in [0.15, 0.2) is 4.99 Å². The first kappa shape index (κ1) is 9.85. The molecule has 0 heterocycles. The number of carbonyl (C=O) groups is 1. The van der Waals surface area contributed by atoms with E-state index in [1.165, 1.54) is 13.2 Å². The van der Waals surface area contributed by atoms with Gasteiger partial charge in [-0.25, -0.2) is 4.79 Å². The Morgan fingerprint density at radius 2 is 2.18 bits per heavy atom. The maximum Gasteiger partial charge on any atom is 0.307 e. The van der Waals surface area contributed by atoms with Crippen LogP contribution < -0.4 is 0 Å². The van der Waals surface area contributed by atoms with Crippen LogP contribution in [0.3, 0.4) is 0 Å². The molecule has 0 spiro atoms. The minimum Gasteiger partial charge on any atom is -0.469 e. The van der Waals surface area contributed by atoms with Crippen molar-refractivity contribution < 1.29 is 14.3 Å². The molecule has 0 fully saturated rings. The average Bonchev–Trinajstić information content (AvgIpc) is 1.86. The quantitative estimate of drug-likeness (QED) is 0.343. The summed E-state index contributed by atoms with van der Waals surface area (Å²) in [6.45, 7) is 3.32. The molecule has 0 rings (SSSR count). The smallest absolute Gasteiger partial charge is 0.307 e. The number of nitrogens with zero attached hydrogens (tertiary/aromatic N) is 1. The van der Waals surface area contributed by atoms with Gasteiger partial charge >= 0.3 is 5.97 Å². The van der Waals surface area contributed by atoms with Gasteiger partial charge in [-0.3, -0.25) is 4.79 Å². The highest BCUT2D eigenvalue weighted by molar-refractivity contribution is 5.70. The topological polar surface area (TPSA) is 55.7 Å². The number of hydrogen-bond acceptors (Lipinski definition) is 4. The van der Waals surface area contributed by atoms with Gasteiger partial charge in [0, 0.05) is 0 Å². The lowest BCUT2D eigenvalue weighted by molar-refractivity contribution is -0.141. The zero-order valence-electron chi connectivity index (χ0n) is 6.88. The highest BCUT2D eigenvalue weighted by Crippen LogP contribution is 2.13. The van der Waals surface area contributed by atoms with Gasteiger partial charge < -0.3 is 4.74 Å². The van der Waals surface area contributed by atoms with E-state index in [1.807, 2.05) is 0 Å². The third-order valence-electron chi connectivity index (χ3n) is 1.15. The number of esters is 1. The second-order valence-electron chi connectivity index (χ2n) is 2.77. The average molecular weight is 157 g/mol. The van der Waals surface area contributed by atoms with Crippen molar-refractivity contribution >= 4 is 12.0 Å². The van der Waals surface area contributed by atoms with Gasteiger partial charge in [0.25, 0.3) is 0 Å². The van der Waals surface area contributed by atoms with Crippen molar-refractivity contribution in [3.8, 4) is 0 Å². The predicted octanol–water partition coefficient (Wildman–Crippen LogP) is 0.664. The summed E-state index contributed by atoms with van der Waals surface area (Å²) in [5.74, 6) is -0.381. The number of carbonyl (C=O) groups excluding carboxylic acids is 2. The Morgan fingerprint density at radius 1 is 1.64 bits per heavy atom. The fourth-order valence-electron chi connectivity index (χ4n) is 0.588. The Kier molecular flexibility index (Phi) is 3.48. The zero-order chi connectivity index (χ0) is 8.91. The summed E-state index contributed by atoms with van der Waals surface area (Å²) in [5, 5.41) is 0. The SMILES string of the molecule is COC(=O)CC(C)(C)N=C=O. The van der Waals surface area contributed by atoms with E-state index in [0.717, 1.165) is 0 Å². The first-order valence-corrected chi connectivity index (χ1v) is 3.17. The van der Waals surface area contributed by atoms with E-state index < -0.39 is 5.54 Å². The Hall–Kier alpha value is -1.15. The Balaban J connectivity index is 4.11. The summed E-state index contributed by atoms with van der Waals surface area (Å²) in [6.07, 6.45) is 1.50. The molecule has 4 heteroatoms. The second kappa shape index (κ2) is 3.88. The van der Waals surface area contributed by atoms with E-state index in [1.54, 1.807) is 13.8 Å². The summed E-state index contributed by atoms with van der Waals surface area (Å²) < 4.78 is 4.40. The van der Waals surface area contributed by atoms with Gasteiger partial charge in [-0.05, 0) is 13.8 Å². The van der Waals surface area contributed by atoms with Gasteiger partial charge in [-0.1, -0.05) is 0 Å². The van der Waals surface area contributed by atoms with Crippen LogP contribution in [0.4, 0.5) is 0 Å². The molecule has 0 saturated carbocycles. The van der Waals surface area contributed by atoms with Crippen molar-refractivity contribution in [1.29, 1.82) is 0 Å². The first-order valence-electron chi connectivity index (χ1n) is 3.17. The molecule has 0 bridgehead atoms. The standard InChI is InChI=1S/C7H11NO3/c1-7(2,8-5-9)4-6(10)11-3/h4H2,1-3H3. The monoisotopic (exact) mass is 157 g/mol. The Labute approximate surface area is 65.3 Å². The number of ether oxygens (including phenoxy) is 1. The molecule has 0 atom stereocenters. The van der Waals surface area contributed by atoms with Gasteiger partial charge in [-0.2, -0.15) is 4.99 Å². The van der Waals surface area contributed by atoms with Crippen LogP contribution in [0.25, 0.3) is 0 Å². The number of isocyanates is 1. The normalized spacial score (nSPS) is 10.1. The summed E-state index contributed by atoms with van der Waals surface area (Å²) in [6, 6.07) is 0. The maximum absolute atomic E-state index is 10.7. The number of hydrogen-bond donors (Lipinski definition) is 0. The lowest BCUT2D eigenvalue weighted by atomic mass is 10.0. The molecule has 0 amide bonds. The van der Waals surface area contributed by atoms with Crippen LogP contribution in [-0.4, -0.2) is 24.7 Å². The summed E-state index contributed by atoms with van der Waals surface area (Å²) in [5.41, 5.74) is -0.700. The van der Waals surface area contributed by atoms with Crippen molar-refractivity contribution in [3.05, 3.63) is 0 Å². The van der Waals surface area contributed by atoms with Gasteiger partial charge in [0.15, 0.2) is 0 Å². The fourth-order valence-corrected chi connectivity index (χ4v) is 0.588. The van der Waals surface area contributed by atoms with E-state index >= 15 is 0 Å². The van der Waals surface area contributed by atoms with E-state index in [4.69, 9.17) is 0 Å². The molecule has 0 unspecified atom stereocenters. The van der Waals surface area contributed by atoms with E-state index in [2.05, 4.69) is 9.73 Å². The highest BCUT2D eigenvalue weighted by atomic mass is 16.5. The Morgan fingerprint density at radius 3 is 2.55 bits per heavy atom. The van der Waals surface area contributed by atoms with Crippen molar-refractivity contribution in [2.45, 2.75) is 25.8 Å². The third-order valence-corrected chi connectivity index (χ3v) is 1.15. The van der Waals surface area contributed by atoms with Crippen molar-refractivity contribution in [3.63, 3.8) is 0 Å². The summed E-state index contributed by atoms with van der Waals surface area (Å²) >= 11 is 0. The molecule has 0 aromatic heterocycles. The summed E-state index contributed by atoms with van der Waals surface area (Å²) in [7, 11) is 1.29. The maximum atomic E-state index is 10.7. The van der Waals surface area contributed by atoms with Gasteiger partial charge in [0.05, 0.1) is 19.1 Å². The zero-order valence-corrected chi connectivity index (χ0v) is 6.88. The van der Waals surface area contributed by atoms with Crippen LogP contribution in [0, 0.1) is 0 Å². The number of aliphatic imine (C=N–C) groups is 1. The molecule has 0 aromatic carbocycles. The van der Waals surface area contributed by atoms with Crippen LogP contribution in [0.5, 0.6) is 0 Å². The van der Waals surface area contributed by atoms with Crippen molar-refractivity contribution in [2.75, 3.05) is 7.11 Å². The third kappa shape index (κ3) is 4.28. The second-order valence-corrected chi connectivity index (χ2v) is 2.77. The molecule has 0 aliphatic heterocycles. The van der Waals surface area contributed by atoms with Crippen LogP contribution in [-0.2, 0) is 14.3 Å². The number of rotatable bonds is 3. The molecule has 4 nitrogen and oxygen atoms in total. The van der Waals surface area contributed by atoms with Crippen molar-refractivity contribution in [2.24, 2.45) is 4.99 Å². The lowest BCUT2D eigenvalue weighted by Crippen LogP contribution is -2.22. The molecule has 0 aliphatic rings. The molecule has 0 aliphatic carbocycles. The van der Waals surface area contributed by atoms with Gasteiger partial charge in [0.2, 0.25) is 6.08 Å². The van der Waals surface area contributed by atoms with Crippen molar-refractivity contribution in [1.82, 2.24) is 0 Å². The van der Waals surface area contributed by atoms with E-state index in [9.17, 15) is 9.59 Å². The van der Waals surface area contributed by atoms with Crippen LogP contribution in [0.1, 0.15) is 20.3 Å². The fraction of sp³-hybridized carbons (Fsp3) is 0.714. The highest BCUT2D eigenvalue weighted by Gasteiger charge is 2.21. The molecule has 0 aromatic rings. The first-order chi connectivity index (χ1) is 5.02. The lowest BCUT2D eigenvalue weighted by Gasteiger charge is -2.14. The molecule has 0 saturated heterocycles. The summed E-state index contributed by atoms with van der Waals surface area (Å²) in [4.78, 5) is 24.0. The van der Waals surface area contributed by atoms with Crippen LogP contribution in [0.2, 0.25) is 0 Å². The predicted molar refractivity (Wildman–Crippen MR) is 38.8 cm³/mol. The molecular weight excluding hydrogens is 146 g/mol. The van der Waals surface area contributed by atoms with Gasteiger partial charge in [0.1, 0.15) is 0 Å². The molecule has 11 heavy (non-hydrogen) atoms. The van der Waals surface area contributed by atoms with Crippen LogP contribution >= 0.6 is 0 Å². The minimum absolute atomic E-state index is 0.0960. The molecule has 0 radical (unpaired) electrons. The number of methoxy groups -OCH3 is 1. The largest absolute Gasteiger partial charge is 0.469 e. The van der Waals surface area contributed by atoms with Gasteiger partial charge in [-0.15, -0.1) is 0 Å².